The average Bonchev–Trinajstić information content (AvgIpc) is 3.28. The summed E-state index contributed by atoms with van der Waals surface area (Å²) in [5.41, 5.74) is 2.85. The molecule has 0 saturated carbocycles. The van der Waals surface area contributed by atoms with Gasteiger partial charge in [-0.3, -0.25) is 14.9 Å². The van der Waals surface area contributed by atoms with Crippen molar-refractivity contribution in [3.8, 4) is 5.75 Å². The van der Waals surface area contributed by atoms with Gasteiger partial charge in [-0.25, -0.2) is 9.69 Å². The highest BCUT2D eigenvalue weighted by Gasteiger charge is 2.37. The molecule has 0 aliphatic carbocycles. The van der Waals surface area contributed by atoms with Gasteiger partial charge >= 0.3 is 6.03 Å². The number of hydrogen-bond acceptors (Lipinski definition) is 4. The van der Waals surface area contributed by atoms with Gasteiger partial charge in [0.1, 0.15) is 11.3 Å². The lowest BCUT2D eigenvalue weighted by molar-refractivity contribution is -0.122. The Morgan fingerprint density at radius 1 is 0.897 bits per heavy atom. The second-order valence-electron chi connectivity index (χ2n) is 9.14. The van der Waals surface area contributed by atoms with Crippen LogP contribution in [-0.4, -0.2) is 29.5 Å². The van der Waals surface area contributed by atoms with E-state index in [1.165, 1.54) is 25.3 Å². The number of aromatic nitrogens is 1. The van der Waals surface area contributed by atoms with Crippen LogP contribution in [0.1, 0.15) is 11.1 Å². The zero-order valence-electron chi connectivity index (χ0n) is 20.9. The van der Waals surface area contributed by atoms with Crippen molar-refractivity contribution in [1.82, 2.24) is 9.88 Å². The van der Waals surface area contributed by atoms with E-state index < -0.39 is 17.8 Å². The van der Waals surface area contributed by atoms with Gasteiger partial charge in [0.15, 0.2) is 0 Å². The van der Waals surface area contributed by atoms with Gasteiger partial charge in [-0.1, -0.05) is 72.3 Å². The number of carbonyl (C=O) groups excluding carboxylic acids is 3. The number of fused-ring (bicyclic) bond motifs is 2. The van der Waals surface area contributed by atoms with Crippen molar-refractivity contribution >= 4 is 62.9 Å². The highest BCUT2D eigenvalue weighted by atomic mass is 35.5. The minimum Gasteiger partial charge on any atom is -0.495 e. The third-order valence-corrected chi connectivity index (χ3v) is 7.13. The largest absolute Gasteiger partial charge is 0.495 e. The summed E-state index contributed by atoms with van der Waals surface area (Å²) in [6.07, 6.45) is 3.45. The van der Waals surface area contributed by atoms with E-state index in [1.807, 2.05) is 48.7 Å². The molecule has 5 aromatic rings. The summed E-state index contributed by atoms with van der Waals surface area (Å²) in [4.78, 5) is 39.9. The Morgan fingerprint density at radius 2 is 1.64 bits per heavy atom. The molecule has 4 amide bonds. The van der Waals surface area contributed by atoms with Crippen molar-refractivity contribution in [2.24, 2.45) is 0 Å². The average molecular weight is 536 g/mol. The molecule has 4 aromatic carbocycles. The molecule has 8 heteroatoms. The minimum atomic E-state index is -0.846. The van der Waals surface area contributed by atoms with Crippen LogP contribution in [0.5, 0.6) is 5.75 Å². The van der Waals surface area contributed by atoms with E-state index in [0.717, 1.165) is 32.1 Å². The lowest BCUT2D eigenvalue weighted by Gasteiger charge is -2.26. The number of para-hydroxylation sites is 1. The molecule has 39 heavy (non-hydrogen) atoms. The highest BCUT2D eigenvalue weighted by molar-refractivity contribution is 6.40. The number of methoxy groups -OCH3 is 1. The fraction of sp³-hybridized carbons (Fsp3) is 0.0645. The first kappa shape index (κ1) is 24.5. The van der Waals surface area contributed by atoms with Crippen LogP contribution in [0.15, 0.2) is 96.7 Å². The Morgan fingerprint density at radius 3 is 2.44 bits per heavy atom. The number of rotatable bonds is 5. The fourth-order valence-electron chi connectivity index (χ4n) is 4.98. The lowest BCUT2D eigenvalue weighted by Crippen LogP contribution is -2.54. The van der Waals surface area contributed by atoms with E-state index >= 15 is 0 Å². The standard InChI is InChI=1S/C31H22ClN3O4/c1-39-28-14-13-22(16-26(28)32)35-30(37)25(29(36)33-31(35)38)15-21-18-34(27-12-5-4-11-24(21)27)17-20-9-6-8-19-7-2-3-10-23(19)20/h2-16,18H,17H2,1H3,(H,33,36,38)/b25-15-. The maximum Gasteiger partial charge on any atom is 0.335 e. The molecular weight excluding hydrogens is 514 g/mol. The van der Waals surface area contributed by atoms with Gasteiger partial charge in [0.25, 0.3) is 11.8 Å². The smallest absolute Gasteiger partial charge is 0.335 e. The molecule has 1 aromatic heterocycles. The molecule has 0 bridgehead atoms. The first-order valence-electron chi connectivity index (χ1n) is 12.2. The number of barbiturate groups is 1. The lowest BCUT2D eigenvalue weighted by atomic mass is 10.0. The van der Waals surface area contributed by atoms with Crippen LogP contribution in [0.2, 0.25) is 5.02 Å². The Kier molecular flexibility index (Phi) is 6.13. The van der Waals surface area contributed by atoms with Gasteiger partial charge in [0.05, 0.1) is 17.8 Å². The van der Waals surface area contributed by atoms with Crippen molar-refractivity contribution in [2.75, 3.05) is 12.0 Å². The maximum absolute atomic E-state index is 13.5. The second kappa shape index (κ2) is 9.78. The first-order valence-corrected chi connectivity index (χ1v) is 12.6. The monoisotopic (exact) mass is 535 g/mol. The number of carbonyl (C=O) groups is 3. The molecule has 6 rings (SSSR count). The number of nitrogens with zero attached hydrogens (tertiary/aromatic N) is 2. The van der Waals surface area contributed by atoms with Crippen LogP contribution in [0.3, 0.4) is 0 Å². The molecular formula is C31H22ClN3O4. The number of anilines is 1. The normalized spacial score (nSPS) is 14.9. The number of amides is 4. The Balaban J connectivity index is 1.42. The van der Waals surface area contributed by atoms with E-state index in [-0.39, 0.29) is 16.3 Å². The van der Waals surface area contributed by atoms with E-state index in [0.29, 0.717) is 17.9 Å². The molecule has 0 unspecified atom stereocenters. The molecule has 7 nitrogen and oxygen atoms in total. The summed E-state index contributed by atoms with van der Waals surface area (Å²) in [6, 6.07) is 25.9. The molecule has 1 N–H and O–H groups in total. The van der Waals surface area contributed by atoms with E-state index in [4.69, 9.17) is 16.3 Å². The molecule has 0 radical (unpaired) electrons. The molecule has 1 fully saturated rings. The highest BCUT2D eigenvalue weighted by Crippen LogP contribution is 2.32. The molecule has 0 atom stereocenters. The fourth-order valence-corrected chi connectivity index (χ4v) is 5.23. The van der Waals surface area contributed by atoms with Crippen molar-refractivity contribution in [1.29, 1.82) is 0 Å². The van der Waals surface area contributed by atoms with Crippen molar-refractivity contribution < 1.29 is 19.1 Å². The first-order chi connectivity index (χ1) is 18.9. The van der Waals surface area contributed by atoms with Crippen LogP contribution in [-0.2, 0) is 16.1 Å². The van der Waals surface area contributed by atoms with E-state index in [9.17, 15) is 14.4 Å². The number of ether oxygens (including phenoxy) is 1. The van der Waals surface area contributed by atoms with Gasteiger partial charge in [0, 0.05) is 29.2 Å². The zero-order chi connectivity index (χ0) is 27.1. The van der Waals surface area contributed by atoms with E-state index in [1.54, 1.807) is 6.07 Å². The van der Waals surface area contributed by atoms with Gasteiger partial charge in [-0.15, -0.1) is 0 Å². The number of hydrogen-bond donors (Lipinski definition) is 1. The minimum absolute atomic E-state index is 0.158. The zero-order valence-corrected chi connectivity index (χ0v) is 21.6. The number of nitrogens with one attached hydrogen (secondary N) is 1. The van der Waals surface area contributed by atoms with Gasteiger partial charge in [-0.05, 0) is 46.7 Å². The molecule has 2 heterocycles. The summed E-state index contributed by atoms with van der Waals surface area (Å²) in [6.45, 7) is 0.597. The molecule has 1 aliphatic rings. The van der Waals surface area contributed by atoms with Crippen LogP contribution in [0, 0.1) is 0 Å². The second-order valence-corrected chi connectivity index (χ2v) is 9.55. The van der Waals surface area contributed by atoms with Crippen LogP contribution in [0.4, 0.5) is 10.5 Å². The summed E-state index contributed by atoms with van der Waals surface area (Å²) >= 11 is 6.23. The summed E-state index contributed by atoms with van der Waals surface area (Å²) in [5, 5.41) is 5.69. The van der Waals surface area contributed by atoms with Gasteiger partial charge < -0.3 is 9.30 Å². The number of halogens is 1. The molecule has 1 saturated heterocycles. The van der Waals surface area contributed by atoms with Crippen LogP contribution in [0.25, 0.3) is 27.8 Å². The summed E-state index contributed by atoms with van der Waals surface area (Å²) in [5.74, 6) is -1.10. The SMILES string of the molecule is COc1ccc(N2C(=O)NC(=O)/C(=C/c3cn(Cc4cccc5ccccc45)c4ccccc34)C2=O)cc1Cl. The molecule has 1 aliphatic heterocycles. The number of urea groups is 1. The predicted molar refractivity (Wildman–Crippen MR) is 152 cm³/mol. The maximum atomic E-state index is 13.5. The summed E-state index contributed by atoms with van der Waals surface area (Å²) in [7, 11) is 1.47. The number of imide groups is 2. The van der Waals surface area contributed by atoms with E-state index in [2.05, 4.69) is 34.1 Å². The van der Waals surface area contributed by atoms with Gasteiger partial charge in [0.2, 0.25) is 0 Å². The Bertz CT molecular complexity index is 1830. The third kappa shape index (κ3) is 4.32. The quantitative estimate of drug-likeness (QED) is 0.215. The third-order valence-electron chi connectivity index (χ3n) is 6.84. The number of benzene rings is 4. The van der Waals surface area contributed by atoms with Crippen molar-refractivity contribution in [3.63, 3.8) is 0 Å². The molecule has 192 valence electrons. The van der Waals surface area contributed by atoms with Crippen molar-refractivity contribution in [3.05, 3.63) is 113 Å². The van der Waals surface area contributed by atoms with Crippen LogP contribution >= 0.6 is 11.6 Å². The topological polar surface area (TPSA) is 80.6 Å². The van der Waals surface area contributed by atoms with Crippen molar-refractivity contribution in [2.45, 2.75) is 6.54 Å². The Labute approximate surface area is 228 Å². The van der Waals surface area contributed by atoms with Gasteiger partial charge in [-0.2, -0.15) is 0 Å². The molecule has 0 spiro atoms. The Hall–Kier alpha value is -4.88. The predicted octanol–water partition coefficient (Wildman–Crippen LogP) is 6.17. The summed E-state index contributed by atoms with van der Waals surface area (Å²) < 4.78 is 7.26. The van der Waals surface area contributed by atoms with Crippen LogP contribution < -0.4 is 15.0 Å².